The summed E-state index contributed by atoms with van der Waals surface area (Å²) in [5.41, 5.74) is 6.32. The molecule has 6 heteroatoms. The van der Waals surface area contributed by atoms with Crippen molar-refractivity contribution in [2.75, 3.05) is 26.2 Å². The molecule has 0 radical (unpaired) electrons. The van der Waals surface area contributed by atoms with Gasteiger partial charge in [0.25, 0.3) is 0 Å². The van der Waals surface area contributed by atoms with Crippen LogP contribution in [-0.4, -0.2) is 37.0 Å². The number of likely N-dealkylation sites (tertiary alicyclic amines) is 1. The molecule has 21 heavy (non-hydrogen) atoms. The lowest BCUT2D eigenvalue weighted by Crippen LogP contribution is -2.45. The Balaban J connectivity index is 1.55. The highest BCUT2D eigenvalue weighted by Gasteiger charge is 2.20. The summed E-state index contributed by atoms with van der Waals surface area (Å²) in [6.45, 7) is 6.51. The number of aromatic nitrogens is 1. The van der Waals surface area contributed by atoms with Crippen molar-refractivity contribution < 1.29 is 9.57 Å². The van der Waals surface area contributed by atoms with E-state index in [-0.39, 0.29) is 5.84 Å². The van der Waals surface area contributed by atoms with E-state index >= 15 is 0 Å². The Bertz CT molecular complexity index is 472. The summed E-state index contributed by atoms with van der Waals surface area (Å²) in [6.07, 6.45) is 6.07. The molecule has 0 spiro atoms. The van der Waals surface area contributed by atoms with E-state index < -0.39 is 0 Å². The number of nitrogens with zero attached hydrogens (tertiary/aromatic N) is 3. The minimum absolute atomic E-state index is 0.231. The third-order valence-corrected chi connectivity index (χ3v) is 3.58. The Hall–Kier alpha value is -1.82. The summed E-state index contributed by atoms with van der Waals surface area (Å²) in [4.78, 5) is 7.67. The quantitative estimate of drug-likeness (QED) is 0.194. The molecule has 0 atom stereocenters. The molecular formula is C15H24N4O2. The zero-order valence-electron chi connectivity index (χ0n) is 12.6. The molecule has 0 aromatic carbocycles. The number of oxime groups is 1. The zero-order chi connectivity index (χ0) is 15.1. The van der Waals surface area contributed by atoms with Gasteiger partial charge in [-0.2, -0.15) is 4.73 Å². The average Bonchev–Trinajstić information content (AvgIpc) is 2.43. The molecule has 0 unspecified atom stereocenters. The molecule has 6 nitrogen and oxygen atoms in total. The highest BCUT2D eigenvalue weighted by molar-refractivity contribution is 5.96. The van der Waals surface area contributed by atoms with E-state index in [0.29, 0.717) is 16.9 Å². The van der Waals surface area contributed by atoms with Crippen LogP contribution in [0.5, 0.6) is 0 Å². The number of nitrogens with two attached hydrogens (primary N) is 1. The first-order valence-electron chi connectivity index (χ1n) is 7.52. The van der Waals surface area contributed by atoms with Crippen LogP contribution in [0, 0.1) is 11.1 Å². The van der Waals surface area contributed by atoms with E-state index in [1.807, 2.05) is 0 Å². The summed E-state index contributed by atoms with van der Waals surface area (Å²) in [6, 6.07) is 3.35. The molecule has 1 fully saturated rings. The molecule has 1 aliphatic heterocycles. The van der Waals surface area contributed by atoms with Crippen LogP contribution in [0.25, 0.3) is 0 Å². The Morgan fingerprint density at radius 1 is 1.48 bits per heavy atom. The van der Waals surface area contributed by atoms with Crippen LogP contribution >= 0.6 is 0 Å². The third-order valence-electron chi connectivity index (χ3n) is 3.58. The van der Waals surface area contributed by atoms with Gasteiger partial charge in [-0.25, -0.2) is 0 Å². The summed E-state index contributed by atoms with van der Waals surface area (Å²) in [5, 5.41) is 14.9. The van der Waals surface area contributed by atoms with Gasteiger partial charge in [0.15, 0.2) is 18.2 Å². The van der Waals surface area contributed by atoms with Crippen molar-refractivity contribution in [3.05, 3.63) is 35.3 Å². The van der Waals surface area contributed by atoms with Crippen molar-refractivity contribution in [3.63, 3.8) is 0 Å². The molecular weight excluding hydrogens is 268 g/mol. The standard InChI is InChI=1S/C15H24N4O2/c1-13-10-18(11-13)7-3-2-4-9-21-17-15(16)14-6-5-8-19(20)12-14/h5-6,8,12-13H,2-4,7,9-11H2,1H3,(H2,16,17). The summed E-state index contributed by atoms with van der Waals surface area (Å²) >= 11 is 0. The molecule has 2 heterocycles. The molecule has 1 aliphatic rings. The van der Waals surface area contributed by atoms with Gasteiger partial charge >= 0.3 is 0 Å². The van der Waals surface area contributed by atoms with E-state index in [4.69, 9.17) is 10.6 Å². The van der Waals surface area contributed by atoms with Crippen LogP contribution in [0.1, 0.15) is 31.7 Å². The molecule has 116 valence electrons. The van der Waals surface area contributed by atoms with E-state index in [2.05, 4.69) is 17.0 Å². The van der Waals surface area contributed by atoms with Gasteiger partial charge in [0.2, 0.25) is 0 Å². The van der Waals surface area contributed by atoms with Crippen molar-refractivity contribution in [1.29, 1.82) is 0 Å². The number of hydrogen-bond donors (Lipinski definition) is 1. The largest absolute Gasteiger partial charge is 0.619 e. The lowest BCUT2D eigenvalue weighted by atomic mass is 10.0. The van der Waals surface area contributed by atoms with E-state index in [1.165, 1.54) is 38.4 Å². The van der Waals surface area contributed by atoms with Gasteiger partial charge in [0.1, 0.15) is 6.61 Å². The molecule has 1 aromatic rings. The van der Waals surface area contributed by atoms with Crippen molar-refractivity contribution in [1.82, 2.24) is 4.90 Å². The van der Waals surface area contributed by atoms with Crippen molar-refractivity contribution in [2.24, 2.45) is 16.8 Å². The molecule has 1 saturated heterocycles. The van der Waals surface area contributed by atoms with Crippen LogP contribution in [0.4, 0.5) is 0 Å². The van der Waals surface area contributed by atoms with Gasteiger partial charge < -0.3 is 20.7 Å². The predicted octanol–water partition coefficient (Wildman–Crippen LogP) is 1.08. The minimum atomic E-state index is 0.231. The number of hydrogen-bond acceptors (Lipinski definition) is 4. The Morgan fingerprint density at radius 3 is 3.00 bits per heavy atom. The molecule has 0 saturated carbocycles. The maximum atomic E-state index is 11.1. The van der Waals surface area contributed by atoms with E-state index in [1.54, 1.807) is 12.1 Å². The second-order valence-corrected chi connectivity index (χ2v) is 5.69. The molecule has 1 aromatic heterocycles. The molecule has 0 amide bonds. The molecule has 2 rings (SSSR count). The van der Waals surface area contributed by atoms with Crippen LogP contribution < -0.4 is 10.5 Å². The number of amidine groups is 1. The number of unbranched alkanes of at least 4 members (excludes halogenated alkanes) is 2. The summed E-state index contributed by atoms with van der Waals surface area (Å²) in [5.74, 6) is 1.10. The van der Waals surface area contributed by atoms with Gasteiger partial charge in [0, 0.05) is 19.2 Å². The Morgan fingerprint density at radius 2 is 2.29 bits per heavy atom. The molecule has 0 aliphatic carbocycles. The summed E-state index contributed by atoms with van der Waals surface area (Å²) < 4.78 is 0.689. The Kier molecular flexibility index (Phi) is 5.80. The fourth-order valence-corrected chi connectivity index (χ4v) is 2.46. The van der Waals surface area contributed by atoms with Crippen molar-refractivity contribution in [3.8, 4) is 0 Å². The zero-order valence-corrected chi connectivity index (χ0v) is 12.6. The maximum Gasteiger partial charge on any atom is 0.191 e. The molecule has 0 bridgehead atoms. The van der Waals surface area contributed by atoms with Gasteiger partial charge in [-0.15, -0.1) is 0 Å². The lowest BCUT2D eigenvalue weighted by Gasteiger charge is -2.37. The van der Waals surface area contributed by atoms with Crippen LogP contribution in [0.15, 0.2) is 29.7 Å². The van der Waals surface area contributed by atoms with E-state index in [0.717, 1.165) is 18.8 Å². The Labute approximate surface area is 125 Å². The highest BCUT2D eigenvalue weighted by atomic mass is 16.6. The SMILES string of the molecule is CC1CN(CCCCCO/N=C(\N)c2ccc[n+]([O-])c2)C1. The van der Waals surface area contributed by atoms with E-state index in [9.17, 15) is 5.21 Å². The first-order valence-corrected chi connectivity index (χ1v) is 7.52. The van der Waals surface area contributed by atoms with Gasteiger partial charge in [-0.3, -0.25) is 0 Å². The van der Waals surface area contributed by atoms with Crippen LogP contribution in [-0.2, 0) is 4.84 Å². The monoisotopic (exact) mass is 292 g/mol. The fourth-order valence-electron chi connectivity index (χ4n) is 2.46. The maximum absolute atomic E-state index is 11.1. The average molecular weight is 292 g/mol. The lowest BCUT2D eigenvalue weighted by molar-refractivity contribution is -0.605. The van der Waals surface area contributed by atoms with Gasteiger partial charge in [0.05, 0.1) is 5.56 Å². The van der Waals surface area contributed by atoms with Crippen molar-refractivity contribution >= 4 is 5.84 Å². The first kappa shape index (κ1) is 15.6. The predicted molar refractivity (Wildman–Crippen MR) is 81.5 cm³/mol. The molecule has 2 N–H and O–H groups in total. The number of rotatable bonds is 8. The first-order chi connectivity index (χ1) is 10.1. The minimum Gasteiger partial charge on any atom is -0.619 e. The summed E-state index contributed by atoms with van der Waals surface area (Å²) in [7, 11) is 0. The third kappa shape index (κ3) is 5.23. The second-order valence-electron chi connectivity index (χ2n) is 5.69. The smallest absolute Gasteiger partial charge is 0.191 e. The van der Waals surface area contributed by atoms with Gasteiger partial charge in [-0.1, -0.05) is 12.1 Å². The normalized spacial score (nSPS) is 16.7. The fraction of sp³-hybridized carbons (Fsp3) is 0.600. The number of pyridine rings is 1. The van der Waals surface area contributed by atoms with Crippen molar-refractivity contribution in [2.45, 2.75) is 26.2 Å². The van der Waals surface area contributed by atoms with Gasteiger partial charge in [-0.05, 0) is 37.8 Å². The topological polar surface area (TPSA) is 77.8 Å². The second kappa shape index (κ2) is 7.83. The van der Waals surface area contributed by atoms with Crippen LogP contribution in [0.2, 0.25) is 0 Å². The highest BCUT2D eigenvalue weighted by Crippen LogP contribution is 2.14. The van der Waals surface area contributed by atoms with Crippen LogP contribution in [0.3, 0.4) is 0 Å².